The molecule has 0 N–H and O–H groups in total. The van der Waals surface area contributed by atoms with E-state index in [2.05, 4.69) is 15.9 Å². The number of hydrogen-bond acceptors (Lipinski definition) is 9. The molecule has 1 fully saturated rings. The van der Waals surface area contributed by atoms with E-state index in [-0.39, 0.29) is 0 Å². The number of carbonyl (C=O) groups excluding carboxylic acids is 3. The minimum Gasteiger partial charge on any atom is -0.496 e. The SMILES string of the molecule is COC(=O)[C@@H]1OC(c2ccc3c(Br)c(OC)ccc3c2)(C(C)OC(C)=O)O[C@H]1C(=O)OC. The third-order valence-corrected chi connectivity index (χ3v) is 5.98. The highest BCUT2D eigenvalue weighted by atomic mass is 79.9. The Morgan fingerprint density at radius 3 is 2.09 bits per heavy atom. The third kappa shape index (κ3) is 4.17. The summed E-state index contributed by atoms with van der Waals surface area (Å²) in [4.78, 5) is 36.5. The van der Waals surface area contributed by atoms with Gasteiger partial charge in [0.15, 0.2) is 18.3 Å². The lowest BCUT2D eigenvalue weighted by molar-refractivity contribution is -0.248. The molecule has 1 saturated heterocycles. The number of benzene rings is 2. The Morgan fingerprint density at radius 2 is 1.59 bits per heavy atom. The zero-order valence-corrected chi connectivity index (χ0v) is 19.8. The van der Waals surface area contributed by atoms with Gasteiger partial charge in [-0.3, -0.25) is 4.79 Å². The first-order chi connectivity index (χ1) is 15.2. The first kappa shape index (κ1) is 24.0. The normalized spacial score (nSPS) is 20.4. The van der Waals surface area contributed by atoms with Gasteiger partial charge in [-0.1, -0.05) is 18.2 Å². The molecule has 1 unspecified atom stereocenters. The number of carbonyl (C=O) groups is 3. The fraction of sp³-hybridized carbons (Fsp3) is 0.409. The zero-order valence-electron chi connectivity index (χ0n) is 18.2. The summed E-state index contributed by atoms with van der Waals surface area (Å²) < 4.78 is 33.0. The maximum atomic E-state index is 12.4. The number of fused-ring (bicyclic) bond motifs is 1. The Morgan fingerprint density at radius 1 is 1.00 bits per heavy atom. The van der Waals surface area contributed by atoms with Gasteiger partial charge in [0, 0.05) is 12.5 Å². The van der Waals surface area contributed by atoms with E-state index in [1.807, 2.05) is 6.07 Å². The number of methoxy groups -OCH3 is 3. The number of ether oxygens (including phenoxy) is 6. The minimum atomic E-state index is -1.77. The Balaban J connectivity index is 2.17. The molecule has 3 atom stereocenters. The van der Waals surface area contributed by atoms with Crippen LogP contribution in [0, 0.1) is 0 Å². The van der Waals surface area contributed by atoms with Crippen molar-refractivity contribution in [3.63, 3.8) is 0 Å². The molecule has 0 radical (unpaired) electrons. The summed E-state index contributed by atoms with van der Waals surface area (Å²) >= 11 is 3.52. The molecule has 10 heteroatoms. The van der Waals surface area contributed by atoms with Crippen LogP contribution in [0.2, 0.25) is 0 Å². The van der Waals surface area contributed by atoms with Crippen molar-refractivity contribution in [2.45, 2.75) is 37.9 Å². The van der Waals surface area contributed by atoms with E-state index in [0.29, 0.717) is 11.3 Å². The summed E-state index contributed by atoms with van der Waals surface area (Å²) in [6, 6.07) is 8.86. The van der Waals surface area contributed by atoms with Gasteiger partial charge in [-0.15, -0.1) is 0 Å². The van der Waals surface area contributed by atoms with E-state index in [1.54, 1.807) is 38.3 Å². The summed E-state index contributed by atoms with van der Waals surface area (Å²) in [5.41, 5.74) is 0.427. The van der Waals surface area contributed by atoms with Gasteiger partial charge in [0.1, 0.15) is 5.75 Å². The van der Waals surface area contributed by atoms with Crippen molar-refractivity contribution in [3.05, 3.63) is 40.4 Å². The molecule has 2 aromatic rings. The Kier molecular flexibility index (Phi) is 7.06. The summed E-state index contributed by atoms with van der Waals surface area (Å²) in [6.07, 6.45) is -3.88. The standard InChI is InChI=1S/C22H23BrO9/c1-11(30-12(2)24)22(31-18(20(25)28-4)19(32-22)21(26)29-5)14-7-8-15-13(10-14)6-9-16(27-3)17(15)23/h6-11,18-19H,1-5H3/t11?,18-,19-/m1/s1. The Hall–Kier alpha value is -2.69. The van der Waals surface area contributed by atoms with Gasteiger partial charge in [-0.05, 0) is 45.8 Å². The largest absolute Gasteiger partial charge is 0.496 e. The maximum Gasteiger partial charge on any atom is 0.338 e. The van der Waals surface area contributed by atoms with Gasteiger partial charge in [0.2, 0.25) is 5.79 Å². The highest BCUT2D eigenvalue weighted by Gasteiger charge is 2.59. The molecule has 32 heavy (non-hydrogen) atoms. The van der Waals surface area contributed by atoms with E-state index >= 15 is 0 Å². The summed E-state index contributed by atoms with van der Waals surface area (Å²) in [7, 11) is 3.89. The zero-order chi connectivity index (χ0) is 23.6. The molecule has 0 saturated carbocycles. The van der Waals surface area contributed by atoms with Crippen LogP contribution in [-0.2, 0) is 43.9 Å². The van der Waals surface area contributed by atoms with Gasteiger partial charge < -0.3 is 28.4 Å². The second-order valence-electron chi connectivity index (χ2n) is 7.06. The number of rotatable bonds is 6. The van der Waals surface area contributed by atoms with Crippen LogP contribution in [0.4, 0.5) is 0 Å². The molecule has 9 nitrogen and oxygen atoms in total. The third-order valence-electron chi connectivity index (χ3n) is 5.16. The molecule has 2 aromatic carbocycles. The lowest BCUT2D eigenvalue weighted by atomic mass is 9.97. The van der Waals surface area contributed by atoms with Crippen LogP contribution in [0.1, 0.15) is 19.4 Å². The highest BCUT2D eigenvalue weighted by molar-refractivity contribution is 9.10. The lowest BCUT2D eigenvalue weighted by Crippen LogP contribution is -2.43. The molecule has 1 heterocycles. The molecule has 0 aromatic heterocycles. The van der Waals surface area contributed by atoms with Crippen molar-refractivity contribution in [1.29, 1.82) is 0 Å². The van der Waals surface area contributed by atoms with Gasteiger partial charge in [0.05, 0.1) is 25.8 Å². The molecule has 3 rings (SSSR count). The molecule has 1 aliphatic heterocycles. The molecule has 172 valence electrons. The van der Waals surface area contributed by atoms with Crippen LogP contribution in [0.3, 0.4) is 0 Å². The summed E-state index contributed by atoms with van der Waals surface area (Å²) in [6.45, 7) is 2.78. The average Bonchev–Trinajstić information content (AvgIpc) is 3.20. The van der Waals surface area contributed by atoms with Crippen LogP contribution in [-0.4, -0.2) is 57.5 Å². The molecule has 0 spiro atoms. The maximum absolute atomic E-state index is 12.4. The highest BCUT2D eigenvalue weighted by Crippen LogP contribution is 2.44. The predicted octanol–water partition coefficient (Wildman–Crippen LogP) is 2.85. The van der Waals surface area contributed by atoms with E-state index in [9.17, 15) is 14.4 Å². The van der Waals surface area contributed by atoms with Crippen molar-refractivity contribution >= 4 is 44.6 Å². The number of halogens is 1. The van der Waals surface area contributed by atoms with Crippen molar-refractivity contribution in [1.82, 2.24) is 0 Å². The van der Waals surface area contributed by atoms with Gasteiger partial charge in [0.25, 0.3) is 0 Å². The smallest absolute Gasteiger partial charge is 0.338 e. The lowest BCUT2D eigenvalue weighted by Gasteiger charge is -2.33. The van der Waals surface area contributed by atoms with Crippen LogP contribution >= 0.6 is 15.9 Å². The molecule has 0 aliphatic carbocycles. The predicted molar refractivity (Wildman–Crippen MR) is 115 cm³/mol. The second kappa shape index (κ2) is 9.43. The molecule has 0 bridgehead atoms. The average molecular weight is 511 g/mol. The van der Waals surface area contributed by atoms with Crippen LogP contribution < -0.4 is 4.74 Å². The van der Waals surface area contributed by atoms with Crippen LogP contribution in [0.15, 0.2) is 34.8 Å². The number of hydrogen-bond donors (Lipinski definition) is 0. The van der Waals surface area contributed by atoms with Gasteiger partial charge in [-0.25, -0.2) is 9.59 Å². The molecular weight excluding hydrogens is 488 g/mol. The fourth-order valence-corrected chi connectivity index (χ4v) is 4.29. The first-order valence-electron chi connectivity index (χ1n) is 9.63. The van der Waals surface area contributed by atoms with Crippen molar-refractivity contribution in [2.24, 2.45) is 0 Å². The van der Waals surface area contributed by atoms with E-state index in [1.165, 1.54) is 6.92 Å². The van der Waals surface area contributed by atoms with Crippen molar-refractivity contribution < 1.29 is 42.8 Å². The summed E-state index contributed by atoms with van der Waals surface area (Å²) in [5.74, 6) is -3.37. The first-order valence-corrected chi connectivity index (χ1v) is 10.4. The van der Waals surface area contributed by atoms with Gasteiger partial charge in [-0.2, -0.15) is 0 Å². The van der Waals surface area contributed by atoms with Crippen LogP contribution in [0.25, 0.3) is 10.8 Å². The second-order valence-corrected chi connectivity index (χ2v) is 7.85. The Bertz CT molecular complexity index is 1030. The topological polar surface area (TPSA) is 107 Å². The van der Waals surface area contributed by atoms with Crippen LogP contribution in [0.5, 0.6) is 5.75 Å². The fourth-order valence-electron chi connectivity index (χ4n) is 3.64. The van der Waals surface area contributed by atoms with Crippen molar-refractivity contribution in [2.75, 3.05) is 21.3 Å². The van der Waals surface area contributed by atoms with E-state index < -0.39 is 42.0 Å². The number of esters is 3. The summed E-state index contributed by atoms with van der Waals surface area (Å²) in [5, 5.41) is 1.63. The van der Waals surface area contributed by atoms with Crippen molar-refractivity contribution in [3.8, 4) is 5.75 Å². The monoisotopic (exact) mass is 510 g/mol. The van der Waals surface area contributed by atoms with E-state index in [0.717, 1.165) is 29.5 Å². The minimum absolute atomic E-state index is 0.427. The molecule has 1 aliphatic rings. The van der Waals surface area contributed by atoms with E-state index in [4.69, 9.17) is 28.4 Å². The quantitative estimate of drug-likeness (QED) is 0.428. The molecule has 0 amide bonds. The molecular formula is C22H23BrO9. The van der Waals surface area contributed by atoms with Gasteiger partial charge >= 0.3 is 17.9 Å². The Labute approximate surface area is 193 Å².